The van der Waals surface area contributed by atoms with Crippen molar-refractivity contribution in [1.29, 1.82) is 0 Å². The van der Waals surface area contributed by atoms with Crippen molar-refractivity contribution < 1.29 is 18.3 Å². The maximum absolute atomic E-state index is 12.0. The van der Waals surface area contributed by atoms with Crippen LogP contribution in [0.2, 0.25) is 0 Å². The summed E-state index contributed by atoms with van der Waals surface area (Å²) in [5.41, 5.74) is 0. The van der Waals surface area contributed by atoms with E-state index < -0.39 is 16.0 Å². The molecule has 2 aliphatic heterocycles. The summed E-state index contributed by atoms with van der Waals surface area (Å²) in [6, 6.07) is 0.501. The van der Waals surface area contributed by atoms with Gasteiger partial charge in [0.05, 0.1) is 12.2 Å². The molecule has 0 radical (unpaired) electrons. The fourth-order valence-corrected chi connectivity index (χ4v) is 4.57. The SMILES string of the molecule is O=C(O)CCS(=O)(=O)N1CCC(N2CCCCC2)CC1. The summed E-state index contributed by atoms with van der Waals surface area (Å²) < 4.78 is 25.5. The molecule has 0 amide bonds. The fraction of sp³-hybridized carbons (Fsp3) is 0.923. The number of likely N-dealkylation sites (tertiary alicyclic amines) is 1. The molecule has 1 N–H and O–H groups in total. The molecule has 2 rings (SSSR count). The molecule has 0 unspecified atom stereocenters. The van der Waals surface area contributed by atoms with E-state index in [2.05, 4.69) is 4.90 Å². The molecule has 7 heteroatoms. The minimum absolute atomic E-state index is 0.281. The molecule has 0 saturated carbocycles. The molecule has 2 fully saturated rings. The predicted molar refractivity (Wildman–Crippen MR) is 76.1 cm³/mol. The summed E-state index contributed by atoms with van der Waals surface area (Å²) in [6.45, 7) is 3.33. The Morgan fingerprint density at radius 2 is 1.65 bits per heavy atom. The summed E-state index contributed by atoms with van der Waals surface area (Å²) in [6.07, 6.45) is 5.22. The molecular weight excluding hydrogens is 280 g/mol. The Kier molecular flexibility index (Phi) is 5.40. The van der Waals surface area contributed by atoms with Crippen LogP contribution >= 0.6 is 0 Å². The second-order valence-electron chi connectivity index (χ2n) is 5.69. The van der Waals surface area contributed by atoms with E-state index in [-0.39, 0.29) is 12.2 Å². The van der Waals surface area contributed by atoms with E-state index in [0.29, 0.717) is 19.1 Å². The van der Waals surface area contributed by atoms with Crippen molar-refractivity contribution in [2.45, 2.75) is 44.6 Å². The van der Waals surface area contributed by atoms with Crippen LogP contribution in [0.1, 0.15) is 38.5 Å². The number of sulfonamides is 1. The second-order valence-corrected chi connectivity index (χ2v) is 7.78. The summed E-state index contributed by atoms with van der Waals surface area (Å²) in [5, 5.41) is 8.60. The van der Waals surface area contributed by atoms with Crippen molar-refractivity contribution in [2.75, 3.05) is 31.9 Å². The molecule has 116 valence electrons. The van der Waals surface area contributed by atoms with Gasteiger partial charge in [-0.1, -0.05) is 6.42 Å². The maximum atomic E-state index is 12.0. The predicted octanol–water partition coefficient (Wildman–Crippen LogP) is 0.741. The highest BCUT2D eigenvalue weighted by Gasteiger charge is 2.31. The number of hydrogen-bond acceptors (Lipinski definition) is 4. The van der Waals surface area contributed by atoms with Crippen molar-refractivity contribution in [2.24, 2.45) is 0 Å². The van der Waals surface area contributed by atoms with Crippen LogP contribution in [0.25, 0.3) is 0 Å². The lowest BCUT2D eigenvalue weighted by molar-refractivity contribution is -0.136. The number of carboxylic acids is 1. The van der Waals surface area contributed by atoms with E-state index in [4.69, 9.17) is 5.11 Å². The molecule has 0 bridgehead atoms. The normalized spacial score (nSPS) is 23.8. The molecule has 0 aromatic rings. The minimum atomic E-state index is -3.40. The Bertz CT molecular complexity index is 424. The lowest BCUT2D eigenvalue weighted by Crippen LogP contribution is -2.48. The maximum Gasteiger partial charge on any atom is 0.304 e. The first kappa shape index (κ1) is 15.7. The van der Waals surface area contributed by atoms with Gasteiger partial charge in [0.15, 0.2) is 0 Å². The Morgan fingerprint density at radius 3 is 2.20 bits per heavy atom. The van der Waals surface area contributed by atoms with Gasteiger partial charge in [-0.2, -0.15) is 0 Å². The molecule has 2 aliphatic rings. The average molecular weight is 304 g/mol. The molecule has 0 spiro atoms. The number of piperidine rings is 2. The average Bonchev–Trinajstić information content (AvgIpc) is 2.46. The van der Waals surface area contributed by atoms with E-state index >= 15 is 0 Å². The van der Waals surface area contributed by atoms with E-state index in [9.17, 15) is 13.2 Å². The van der Waals surface area contributed by atoms with Crippen LogP contribution in [0, 0.1) is 0 Å². The van der Waals surface area contributed by atoms with Crippen LogP contribution < -0.4 is 0 Å². The van der Waals surface area contributed by atoms with Gasteiger partial charge in [-0.05, 0) is 38.8 Å². The quantitative estimate of drug-likeness (QED) is 0.810. The van der Waals surface area contributed by atoms with Gasteiger partial charge in [-0.25, -0.2) is 12.7 Å². The Balaban J connectivity index is 1.82. The van der Waals surface area contributed by atoms with Crippen molar-refractivity contribution >= 4 is 16.0 Å². The summed E-state index contributed by atoms with van der Waals surface area (Å²) in [5.74, 6) is -1.34. The van der Waals surface area contributed by atoms with Gasteiger partial charge in [0, 0.05) is 19.1 Å². The number of nitrogens with zero attached hydrogens (tertiary/aromatic N) is 2. The molecule has 0 aromatic carbocycles. The zero-order valence-corrected chi connectivity index (χ0v) is 12.6. The van der Waals surface area contributed by atoms with Crippen molar-refractivity contribution in [3.8, 4) is 0 Å². The molecule has 20 heavy (non-hydrogen) atoms. The fourth-order valence-electron chi connectivity index (χ4n) is 3.11. The van der Waals surface area contributed by atoms with Gasteiger partial charge in [0.1, 0.15) is 0 Å². The van der Waals surface area contributed by atoms with Crippen LogP contribution in [0.3, 0.4) is 0 Å². The van der Waals surface area contributed by atoms with E-state index in [0.717, 1.165) is 25.9 Å². The highest BCUT2D eigenvalue weighted by molar-refractivity contribution is 7.89. The minimum Gasteiger partial charge on any atom is -0.481 e. The highest BCUT2D eigenvalue weighted by Crippen LogP contribution is 2.22. The van der Waals surface area contributed by atoms with Gasteiger partial charge in [0.2, 0.25) is 10.0 Å². The first-order valence-electron chi connectivity index (χ1n) is 7.43. The zero-order chi connectivity index (χ0) is 14.6. The molecule has 0 aromatic heterocycles. The Morgan fingerprint density at radius 1 is 1.05 bits per heavy atom. The lowest BCUT2D eigenvalue weighted by atomic mass is 10.0. The monoisotopic (exact) mass is 304 g/mol. The standard InChI is InChI=1S/C13H24N2O4S/c16-13(17)6-11-20(18,19)15-9-4-12(5-10-15)14-7-2-1-3-8-14/h12H,1-11H2,(H,16,17). The molecule has 6 nitrogen and oxygen atoms in total. The third kappa shape index (κ3) is 4.17. The number of rotatable bonds is 5. The first-order valence-corrected chi connectivity index (χ1v) is 9.03. The molecule has 2 heterocycles. The number of carboxylic acid groups (broad SMARTS) is 1. The topological polar surface area (TPSA) is 77.9 Å². The Labute approximate surface area is 120 Å². The highest BCUT2D eigenvalue weighted by atomic mass is 32.2. The van der Waals surface area contributed by atoms with E-state index in [1.165, 1.54) is 23.6 Å². The van der Waals surface area contributed by atoms with Gasteiger partial charge in [-0.15, -0.1) is 0 Å². The first-order chi connectivity index (χ1) is 9.49. The van der Waals surface area contributed by atoms with Crippen LogP contribution in [-0.2, 0) is 14.8 Å². The van der Waals surface area contributed by atoms with Gasteiger partial charge < -0.3 is 10.0 Å². The van der Waals surface area contributed by atoms with Crippen LogP contribution in [0.15, 0.2) is 0 Å². The summed E-state index contributed by atoms with van der Waals surface area (Å²) in [7, 11) is -3.40. The summed E-state index contributed by atoms with van der Waals surface area (Å²) >= 11 is 0. The van der Waals surface area contributed by atoms with Crippen LogP contribution in [0.5, 0.6) is 0 Å². The third-order valence-electron chi connectivity index (χ3n) is 4.30. The van der Waals surface area contributed by atoms with Gasteiger partial charge >= 0.3 is 5.97 Å². The van der Waals surface area contributed by atoms with Crippen molar-refractivity contribution in [3.63, 3.8) is 0 Å². The van der Waals surface area contributed by atoms with Gasteiger partial charge in [-0.3, -0.25) is 4.79 Å². The zero-order valence-electron chi connectivity index (χ0n) is 11.8. The van der Waals surface area contributed by atoms with Crippen molar-refractivity contribution in [3.05, 3.63) is 0 Å². The molecule has 0 aliphatic carbocycles. The number of carbonyl (C=O) groups is 1. The van der Waals surface area contributed by atoms with Crippen LogP contribution in [-0.4, -0.2) is 66.7 Å². The van der Waals surface area contributed by atoms with E-state index in [1.807, 2.05) is 0 Å². The molecule has 2 saturated heterocycles. The van der Waals surface area contributed by atoms with E-state index in [1.54, 1.807) is 0 Å². The van der Waals surface area contributed by atoms with Crippen LogP contribution in [0.4, 0.5) is 0 Å². The largest absolute Gasteiger partial charge is 0.481 e. The summed E-state index contributed by atoms with van der Waals surface area (Å²) in [4.78, 5) is 13.0. The van der Waals surface area contributed by atoms with Crippen molar-refractivity contribution in [1.82, 2.24) is 9.21 Å². The third-order valence-corrected chi connectivity index (χ3v) is 6.17. The second kappa shape index (κ2) is 6.87. The molecular formula is C13H24N2O4S. The Hall–Kier alpha value is -0.660. The smallest absolute Gasteiger partial charge is 0.304 e. The number of hydrogen-bond donors (Lipinski definition) is 1. The lowest BCUT2D eigenvalue weighted by Gasteiger charge is -2.39. The van der Waals surface area contributed by atoms with Gasteiger partial charge in [0.25, 0.3) is 0 Å². The number of aliphatic carboxylic acids is 1. The molecule has 0 atom stereocenters.